The molecule has 0 bridgehead atoms. The third kappa shape index (κ3) is 15.4. The number of nitrogens with zero attached hydrogens (tertiary/aromatic N) is 5. The topological polar surface area (TPSA) is 200 Å². The molecule has 0 radical (unpaired) electrons. The number of aryl methyl sites for hydroxylation is 1. The molecule has 0 aliphatic rings. The van der Waals surface area contributed by atoms with Crippen molar-refractivity contribution in [2.24, 2.45) is 0 Å². The van der Waals surface area contributed by atoms with Crippen LogP contribution in [-0.4, -0.2) is 56.4 Å². The van der Waals surface area contributed by atoms with Gasteiger partial charge in [-0.15, -0.1) is 17.0 Å². The van der Waals surface area contributed by atoms with Crippen molar-refractivity contribution in [2.45, 2.75) is 45.2 Å². The van der Waals surface area contributed by atoms with Crippen molar-refractivity contribution in [3.05, 3.63) is 117 Å². The average molecular weight is 987 g/mol. The van der Waals surface area contributed by atoms with E-state index in [0.29, 0.717) is 69.5 Å². The van der Waals surface area contributed by atoms with Gasteiger partial charge in [0.1, 0.15) is 22.9 Å². The van der Waals surface area contributed by atoms with E-state index in [0.717, 1.165) is 22.2 Å². The van der Waals surface area contributed by atoms with Gasteiger partial charge in [-0.2, -0.15) is 18.3 Å². The molecule has 6 aromatic rings. The van der Waals surface area contributed by atoms with E-state index in [2.05, 4.69) is 51.2 Å². The summed E-state index contributed by atoms with van der Waals surface area (Å²) in [4.78, 5) is 51.7. The molecule has 0 atom stereocenters. The molecule has 0 amide bonds. The third-order valence-corrected chi connectivity index (χ3v) is 10.2. The van der Waals surface area contributed by atoms with E-state index in [1.165, 1.54) is 77.8 Å². The van der Waals surface area contributed by atoms with Crippen molar-refractivity contribution in [3.63, 3.8) is 0 Å². The Hall–Kier alpha value is -6.17. The second kappa shape index (κ2) is 25.6. The zero-order valence-electron chi connectivity index (χ0n) is 32.4. The molecule has 0 saturated carbocycles. The number of nitrogens with one attached hydrogen (secondary N) is 2. The first-order chi connectivity index (χ1) is 29.4. The van der Waals surface area contributed by atoms with Crippen molar-refractivity contribution in [3.8, 4) is 39.3 Å². The first kappa shape index (κ1) is 50.2. The van der Waals surface area contributed by atoms with Crippen molar-refractivity contribution in [1.29, 1.82) is 5.41 Å². The Bertz CT molecular complexity index is 2560. The number of hydrogen-bond donors (Lipinski definition) is 1. The number of thiophene rings is 2. The molecule has 13 nitrogen and oxygen atoms in total. The van der Waals surface area contributed by atoms with Crippen LogP contribution in [0.4, 0.5) is 13.2 Å². The van der Waals surface area contributed by atoms with Gasteiger partial charge in [0.15, 0.2) is 5.06 Å². The minimum absolute atomic E-state index is 0. The van der Waals surface area contributed by atoms with Gasteiger partial charge >= 0.3 is 25.7 Å². The smallest absolute Gasteiger partial charge is 0.753 e. The maximum absolute atomic E-state index is 12.4. The molecule has 320 valence electrons. The van der Waals surface area contributed by atoms with Gasteiger partial charge in [0, 0.05) is 57.6 Å². The Kier molecular flexibility index (Phi) is 20.7. The van der Waals surface area contributed by atoms with Gasteiger partial charge in [0.05, 0.1) is 21.8 Å². The zero-order valence-corrected chi connectivity index (χ0v) is 36.6. The van der Waals surface area contributed by atoms with Crippen molar-refractivity contribution in [1.82, 2.24) is 19.9 Å². The van der Waals surface area contributed by atoms with Gasteiger partial charge in [-0.1, -0.05) is 55.8 Å². The third-order valence-electron chi connectivity index (χ3n) is 8.03. The number of halogens is 3. The monoisotopic (exact) mass is 987 g/mol. The van der Waals surface area contributed by atoms with Crippen LogP contribution in [0.2, 0.25) is 0 Å². The molecule has 0 spiro atoms. The predicted octanol–water partition coefficient (Wildman–Crippen LogP) is 11.1. The summed E-state index contributed by atoms with van der Waals surface area (Å²) in [5, 5.41) is 16.6. The maximum atomic E-state index is 12.4. The summed E-state index contributed by atoms with van der Waals surface area (Å²) in [7, 11) is 0. The van der Waals surface area contributed by atoms with Crippen LogP contribution >= 0.6 is 34.9 Å². The predicted molar refractivity (Wildman–Crippen MR) is 234 cm³/mol. The van der Waals surface area contributed by atoms with E-state index >= 15 is 0 Å². The number of unbranched alkanes of at least 4 members (excludes halogenated alkanes) is 3. The fraction of sp³-hybridized carbons (Fsp3) is 0.167. The number of aromatic nitrogens is 4. The number of isothiocyanates is 1. The molecular formula is C42H34F3N7O6RuS3. The van der Waals surface area contributed by atoms with Crippen LogP contribution in [0.5, 0.6) is 16.6 Å². The Morgan fingerprint density at radius 2 is 1.48 bits per heavy atom. The number of thiocarbonyl (C=S) groups is 1. The average Bonchev–Trinajstić information content (AvgIpc) is 3.89. The van der Waals surface area contributed by atoms with Gasteiger partial charge < -0.3 is 25.4 Å². The van der Waals surface area contributed by atoms with Crippen LogP contribution < -0.4 is 14.2 Å². The number of carbonyl (C=O) groups excluding carboxylic acids is 3. The zero-order chi connectivity index (χ0) is 44.2. The number of alkyl halides is 3. The van der Waals surface area contributed by atoms with E-state index in [1.807, 2.05) is 12.2 Å². The molecule has 2 N–H and O–H groups in total. The molecule has 0 fully saturated rings. The van der Waals surface area contributed by atoms with Crippen LogP contribution in [0, 0.1) is 5.41 Å². The van der Waals surface area contributed by atoms with Gasteiger partial charge in [-0.25, -0.2) is 4.98 Å². The molecular weight excluding hydrogens is 953 g/mol. The molecule has 6 aromatic heterocycles. The number of fused-ring (bicyclic) bond motifs is 1. The summed E-state index contributed by atoms with van der Waals surface area (Å²) in [6, 6.07) is 17.1. The summed E-state index contributed by atoms with van der Waals surface area (Å²) >= 11 is 6.65. The molecule has 0 unspecified atom stereocenters. The normalized spacial score (nSPS) is 10.9. The number of carbonyl (C=O) groups is 3. The molecule has 0 aromatic carbocycles. The van der Waals surface area contributed by atoms with Crippen LogP contribution in [0.15, 0.2) is 85.3 Å². The summed E-state index contributed by atoms with van der Waals surface area (Å²) < 4.78 is 52.8. The molecule has 6 heterocycles. The van der Waals surface area contributed by atoms with E-state index < -0.39 is 17.6 Å². The number of hydrogen-bond acceptors (Lipinski definition) is 14. The summed E-state index contributed by atoms with van der Waals surface area (Å²) in [5.74, 6) is 0.615. The van der Waals surface area contributed by atoms with Crippen LogP contribution in [0.25, 0.3) is 61.9 Å². The van der Waals surface area contributed by atoms with Crippen LogP contribution in [0.1, 0.15) is 53.6 Å². The SMILES string of the molecule is CCCCCCc1ccc(/C=C/c2ccnc(/C([NH-])=C/C(=N)C(F)(F)F)c2)s1.O=COc1ccnc(-c2cc3cc(OC=O)sc3c(-c3cc(OC=O)ccn3)n2)c1.[N-]=C=S.[Ru+2]. The molecule has 20 heteroatoms. The fourth-order valence-electron chi connectivity index (χ4n) is 5.31. The first-order valence-electron chi connectivity index (χ1n) is 17.9. The Balaban J connectivity index is 0.000000307. The molecule has 6 rings (SSSR count). The van der Waals surface area contributed by atoms with Crippen LogP contribution in [0.3, 0.4) is 0 Å². The van der Waals surface area contributed by atoms with E-state index in [-0.39, 0.29) is 25.2 Å². The van der Waals surface area contributed by atoms with Crippen molar-refractivity contribution in [2.75, 3.05) is 0 Å². The van der Waals surface area contributed by atoms with Gasteiger partial charge in [0.25, 0.3) is 19.4 Å². The van der Waals surface area contributed by atoms with Gasteiger partial charge in [-0.05, 0) is 73.0 Å². The number of allylic oxidation sites excluding steroid dienone is 1. The Morgan fingerprint density at radius 3 is 2.13 bits per heavy atom. The summed E-state index contributed by atoms with van der Waals surface area (Å²) in [6.07, 6.45) is 9.92. The Labute approximate surface area is 379 Å². The van der Waals surface area contributed by atoms with Crippen LogP contribution in [-0.2, 0) is 40.3 Å². The van der Waals surface area contributed by atoms with Gasteiger partial charge in [-0.3, -0.25) is 34.7 Å². The van der Waals surface area contributed by atoms with E-state index in [4.69, 9.17) is 30.8 Å². The number of rotatable bonds is 17. The quantitative estimate of drug-likeness (QED) is 0.0300. The van der Waals surface area contributed by atoms with E-state index in [1.54, 1.807) is 47.7 Å². The minimum Gasteiger partial charge on any atom is -0.753 e. The van der Waals surface area contributed by atoms with Crippen molar-refractivity contribution < 1.29 is 61.2 Å². The summed E-state index contributed by atoms with van der Waals surface area (Å²) in [5.41, 5.74) is 8.44. The molecule has 62 heavy (non-hydrogen) atoms. The number of pyridine rings is 4. The first-order valence-corrected chi connectivity index (χ1v) is 20.0. The minimum atomic E-state index is -4.77. The molecule has 0 aliphatic carbocycles. The summed E-state index contributed by atoms with van der Waals surface area (Å²) in [6.45, 7) is 3.18. The fourth-order valence-corrected chi connectivity index (χ4v) is 7.22. The second-order valence-corrected chi connectivity index (χ2v) is 14.6. The Morgan fingerprint density at radius 1 is 0.839 bits per heavy atom. The molecule has 0 saturated heterocycles. The standard InChI is InChI=1S/C21H23F3N3S.C20H11N3O6S.CNS.Ru/c1-2-3-4-5-6-16-9-10-17(28-16)8-7-15-11-12-27-19(13-15)18(25)14-20(26)21(22,23)24;24-9-27-13-1-3-21-15(7-13)16-5-12-6-18(29-11-26)30-20(12)19(23-16)17-8-14(28-10-25)2-4-22-17;2-1-3;/h7-14,25-26H,2-6H2,1H3;1-11H;;/q-1;;-1;+2/b8-7+,18-14-,26-20?;;;. The number of ether oxygens (including phenoxy) is 3. The second-order valence-electron chi connectivity index (χ2n) is 12.2. The largest absolute Gasteiger partial charge is 2.00 e. The van der Waals surface area contributed by atoms with E-state index in [9.17, 15) is 27.6 Å². The van der Waals surface area contributed by atoms with Crippen molar-refractivity contribution >= 4 is 93.1 Å². The molecule has 0 aliphatic heterocycles. The van der Waals surface area contributed by atoms with Gasteiger partial charge in [0.2, 0.25) is 0 Å². The maximum Gasteiger partial charge on any atom is 2.00 e.